The van der Waals surface area contributed by atoms with Gasteiger partial charge in [-0.3, -0.25) is 9.78 Å². The summed E-state index contributed by atoms with van der Waals surface area (Å²) in [5, 5.41) is 2.09. The molecule has 0 unspecified atom stereocenters. The van der Waals surface area contributed by atoms with Gasteiger partial charge in [0.2, 0.25) is 0 Å². The van der Waals surface area contributed by atoms with Crippen LogP contribution in [0.2, 0.25) is 0 Å². The normalized spacial score (nSPS) is 9.56. The zero-order valence-electron chi connectivity index (χ0n) is 8.84. The number of esters is 1. The van der Waals surface area contributed by atoms with Crippen molar-refractivity contribution in [2.75, 3.05) is 7.11 Å². The minimum atomic E-state index is -0.223. The summed E-state index contributed by atoms with van der Waals surface area (Å²) >= 11 is 0. The molecule has 0 fully saturated rings. The lowest BCUT2D eigenvalue weighted by Crippen LogP contribution is -2.04. The van der Waals surface area contributed by atoms with Crippen molar-refractivity contribution in [2.24, 2.45) is 0 Å². The van der Waals surface area contributed by atoms with Gasteiger partial charge < -0.3 is 4.74 Å². The number of carbonyl (C=O) groups is 1. The standard InChI is InChI=1S/C12H11NO2.ClH/c1-15-12(14)7-9-3-2-4-10-8-13-6-5-11(9)10;/h2-6,8H,7H2,1H3;1H. The average molecular weight is 238 g/mol. The molecule has 0 spiro atoms. The Morgan fingerprint density at radius 2 is 2.19 bits per heavy atom. The van der Waals surface area contributed by atoms with E-state index in [4.69, 9.17) is 0 Å². The first-order valence-electron chi connectivity index (χ1n) is 4.69. The number of halogens is 1. The number of pyridine rings is 1. The molecule has 2 rings (SSSR count). The summed E-state index contributed by atoms with van der Waals surface area (Å²) in [4.78, 5) is 15.2. The minimum Gasteiger partial charge on any atom is -0.469 e. The summed E-state index contributed by atoms with van der Waals surface area (Å²) in [7, 11) is 1.40. The summed E-state index contributed by atoms with van der Waals surface area (Å²) < 4.78 is 4.65. The highest BCUT2D eigenvalue weighted by molar-refractivity contribution is 5.88. The van der Waals surface area contributed by atoms with Gasteiger partial charge in [0.25, 0.3) is 0 Å². The minimum absolute atomic E-state index is 0. The quantitative estimate of drug-likeness (QED) is 0.753. The van der Waals surface area contributed by atoms with Gasteiger partial charge in [-0.2, -0.15) is 0 Å². The van der Waals surface area contributed by atoms with Crippen molar-refractivity contribution >= 4 is 29.1 Å². The Hall–Kier alpha value is -1.61. The van der Waals surface area contributed by atoms with E-state index in [0.717, 1.165) is 16.3 Å². The first-order valence-corrected chi connectivity index (χ1v) is 4.69. The predicted octanol–water partition coefficient (Wildman–Crippen LogP) is 2.37. The van der Waals surface area contributed by atoms with Gasteiger partial charge in [0.15, 0.2) is 0 Å². The Morgan fingerprint density at radius 1 is 1.38 bits per heavy atom. The largest absolute Gasteiger partial charge is 0.469 e. The van der Waals surface area contributed by atoms with E-state index in [-0.39, 0.29) is 18.4 Å². The fourth-order valence-electron chi connectivity index (χ4n) is 1.57. The van der Waals surface area contributed by atoms with Gasteiger partial charge in [0.1, 0.15) is 0 Å². The maximum absolute atomic E-state index is 11.2. The topological polar surface area (TPSA) is 39.2 Å². The number of nitrogens with zero attached hydrogens (tertiary/aromatic N) is 1. The van der Waals surface area contributed by atoms with E-state index < -0.39 is 0 Å². The van der Waals surface area contributed by atoms with Crippen LogP contribution >= 0.6 is 12.4 Å². The van der Waals surface area contributed by atoms with Crippen molar-refractivity contribution in [3.63, 3.8) is 0 Å². The summed E-state index contributed by atoms with van der Waals surface area (Å²) in [6.07, 6.45) is 3.82. The van der Waals surface area contributed by atoms with Crippen LogP contribution in [0.15, 0.2) is 36.7 Å². The highest BCUT2D eigenvalue weighted by atomic mass is 35.5. The lowest BCUT2D eigenvalue weighted by molar-refractivity contribution is -0.139. The summed E-state index contributed by atoms with van der Waals surface area (Å²) in [5.74, 6) is -0.223. The third-order valence-electron chi connectivity index (χ3n) is 2.33. The van der Waals surface area contributed by atoms with Gasteiger partial charge in [0, 0.05) is 17.8 Å². The Bertz CT molecular complexity index is 494. The molecule has 1 aromatic carbocycles. The van der Waals surface area contributed by atoms with E-state index in [9.17, 15) is 4.79 Å². The third-order valence-corrected chi connectivity index (χ3v) is 2.33. The molecule has 16 heavy (non-hydrogen) atoms. The van der Waals surface area contributed by atoms with Crippen LogP contribution in [-0.2, 0) is 16.0 Å². The molecule has 0 atom stereocenters. The molecule has 3 nitrogen and oxygen atoms in total. The summed E-state index contributed by atoms with van der Waals surface area (Å²) in [6.45, 7) is 0. The number of fused-ring (bicyclic) bond motifs is 1. The molecular weight excluding hydrogens is 226 g/mol. The van der Waals surface area contributed by atoms with Crippen LogP contribution in [0.1, 0.15) is 5.56 Å². The second kappa shape index (κ2) is 5.47. The van der Waals surface area contributed by atoms with Crippen LogP contribution < -0.4 is 0 Å². The number of hydrogen-bond donors (Lipinski definition) is 0. The predicted molar refractivity (Wildman–Crippen MR) is 64.7 cm³/mol. The number of carbonyl (C=O) groups excluding carboxylic acids is 1. The second-order valence-corrected chi connectivity index (χ2v) is 3.27. The molecule has 1 heterocycles. The van der Waals surface area contributed by atoms with Crippen LogP contribution in [0, 0.1) is 0 Å². The first kappa shape index (κ1) is 12.5. The van der Waals surface area contributed by atoms with E-state index >= 15 is 0 Å². The number of methoxy groups -OCH3 is 1. The van der Waals surface area contributed by atoms with Crippen molar-refractivity contribution in [3.05, 3.63) is 42.2 Å². The maximum atomic E-state index is 11.2. The zero-order chi connectivity index (χ0) is 10.7. The van der Waals surface area contributed by atoms with Crippen molar-refractivity contribution in [1.29, 1.82) is 0 Å². The number of aromatic nitrogens is 1. The monoisotopic (exact) mass is 237 g/mol. The molecular formula is C12H12ClNO2. The van der Waals surface area contributed by atoms with Gasteiger partial charge in [-0.15, -0.1) is 12.4 Å². The molecule has 0 radical (unpaired) electrons. The molecule has 0 saturated carbocycles. The molecule has 2 aromatic rings. The van der Waals surface area contributed by atoms with E-state index in [1.807, 2.05) is 24.3 Å². The van der Waals surface area contributed by atoms with Gasteiger partial charge in [-0.1, -0.05) is 18.2 Å². The number of benzene rings is 1. The number of rotatable bonds is 2. The molecule has 1 aromatic heterocycles. The van der Waals surface area contributed by atoms with Gasteiger partial charge in [0.05, 0.1) is 13.5 Å². The molecule has 0 aliphatic rings. The highest BCUT2D eigenvalue weighted by Gasteiger charge is 2.05. The lowest BCUT2D eigenvalue weighted by Gasteiger charge is -2.04. The number of ether oxygens (including phenoxy) is 1. The van der Waals surface area contributed by atoms with Gasteiger partial charge in [-0.05, 0) is 17.0 Å². The van der Waals surface area contributed by atoms with Crippen LogP contribution in [0.3, 0.4) is 0 Å². The van der Waals surface area contributed by atoms with Gasteiger partial charge in [-0.25, -0.2) is 0 Å². The van der Waals surface area contributed by atoms with Crippen molar-refractivity contribution in [1.82, 2.24) is 4.98 Å². The molecule has 0 aliphatic carbocycles. The molecule has 0 amide bonds. The lowest BCUT2D eigenvalue weighted by atomic mass is 10.0. The fraction of sp³-hybridized carbons (Fsp3) is 0.167. The first-order chi connectivity index (χ1) is 7.31. The second-order valence-electron chi connectivity index (χ2n) is 3.27. The van der Waals surface area contributed by atoms with E-state index in [2.05, 4.69) is 9.72 Å². The molecule has 4 heteroatoms. The smallest absolute Gasteiger partial charge is 0.309 e. The van der Waals surface area contributed by atoms with Crippen molar-refractivity contribution in [3.8, 4) is 0 Å². The van der Waals surface area contributed by atoms with Crippen LogP contribution in [0.4, 0.5) is 0 Å². The molecule has 0 aliphatic heterocycles. The molecule has 0 saturated heterocycles. The summed E-state index contributed by atoms with van der Waals surface area (Å²) in [5.41, 5.74) is 0.974. The zero-order valence-corrected chi connectivity index (χ0v) is 9.66. The highest BCUT2D eigenvalue weighted by Crippen LogP contribution is 2.17. The van der Waals surface area contributed by atoms with E-state index in [1.54, 1.807) is 12.4 Å². The van der Waals surface area contributed by atoms with Gasteiger partial charge >= 0.3 is 5.97 Å². The molecule has 0 N–H and O–H groups in total. The van der Waals surface area contributed by atoms with Crippen molar-refractivity contribution in [2.45, 2.75) is 6.42 Å². The maximum Gasteiger partial charge on any atom is 0.309 e. The SMILES string of the molecule is COC(=O)Cc1cccc2cnccc12.Cl. The molecule has 84 valence electrons. The van der Waals surface area contributed by atoms with Crippen molar-refractivity contribution < 1.29 is 9.53 Å². The average Bonchev–Trinajstić information content (AvgIpc) is 2.29. The Balaban J connectivity index is 0.00000128. The van der Waals surface area contributed by atoms with Crippen LogP contribution in [0.5, 0.6) is 0 Å². The van der Waals surface area contributed by atoms with Crippen LogP contribution in [-0.4, -0.2) is 18.1 Å². The van der Waals surface area contributed by atoms with Crippen LogP contribution in [0.25, 0.3) is 10.8 Å². The molecule has 0 bridgehead atoms. The van der Waals surface area contributed by atoms with E-state index in [0.29, 0.717) is 6.42 Å². The summed E-state index contributed by atoms with van der Waals surface area (Å²) in [6, 6.07) is 7.73. The Morgan fingerprint density at radius 3 is 2.94 bits per heavy atom. The third kappa shape index (κ3) is 2.49. The Labute approximate surface area is 99.9 Å². The fourth-order valence-corrected chi connectivity index (χ4v) is 1.57. The Kier molecular flexibility index (Phi) is 4.26. The number of hydrogen-bond acceptors (Lipinski definition) is 3. The van der Waals surface area contributed by atoms with E-state index in [1.165, 1.54) is 7.11 Å².